The van der Waals surface area contributed by atoms with Crippen LogP contribution in [0, 0.1) is 6.92 Å². The zero-order valence-electron chi connectivity index (χ0n) is 18.9. The first-order valence-electron chi connectivity index (χ1n) is 10.9. The van der Waals surface area contributed by atoms with Crippen molar-refractivity contribution in [3.63, 3.8) is 0 Å². The molecule has 2 N–H and O–H groups in total. The summed E-state index contributed by atoms with van der Waals surface area (Å²) in [7, 11) is 1.57. The number of rotatable bonds is 8. The van der Waals surface area contributed by atoms with Gasteiger partial charge in [0.05, 0.1) is 19.3 Å². The topological polar surface area (TPSA) is 93.3 Å². The van der Waals surface area contributed by atoms with E-state index in [0.717, 1.165) is 17.5 Å². The van der Waals surface area contributed by atoms with E-state index in [-0.39, 0.29) is 17.9 Å². The molecule has 1 amide bonds. The Kier molecular flexibility index (Phi) is 7.03. The summed E-state index contributed by atoms with van der Waals surface area (Å²) in [6.45, 7) is 4.66. The van der Waals surface area contributed by atoms with Crippen LogP contribution >= 0.6 is 11.8 Å². The second-order valence-electron chi connectivity index (χ2n) is 7.97. The molecule has 33 heavy (non-hydrogen) atoms. The summed E-state index contributed by atoms with van der Waals surface area (Å²) < 4.78 is 11.2. The van der Waals surface area contributed by atoms with Crippen molar-refractivity contribution in [3.8, 4) is 11.5 Å². The fourth-order valence-corrected chi connectivity index (χ4v) is 4.69. The number of nitrogens with zero attached hydrogens (tertiary/aromatic N) is 1. The van der Waals surface area contributed by atoms with Gasteiger partial charge in [0.1, 0.15) is 5.82 Å². The van der Waals surface area contributed by atoms with E-state index in [9.17, 15) is 9.59 Å². The van der Waals surface area contributed by atoms with Gasteiger partial charge in [-0.25, -0.2) is 4.98 Å². The zero-order valence-corrected chi connectivity index (χ0v) is 19.8. The molecule has 3 aromatic rings. The number of nitrogens with one attached hydrogen (secondary N) is 2. The Morgan fingerprint density at radius 3 is 2.76 bits per heavy atom. The Bertz CT molecular complexity index is 1220. The summed E-state index contributed by atoms with van der Waals surface area (Å²) in [6, 6.07) is 13.7. The summed E-state index contributed by atoms with van der Waals surface area (Å²) in [5.41, 5.74) is 3.33. The second-order valence-corrected chi connectivity index (χ2v) is 8.94. The van der Waals surface area contributed by atoms with E-state index in [0.29, 0.717) is 40.4 Å². The number of benzene rings is 2. The molecule has 1 atom stereocenters. The number of amides is 1. The fraction of sp³-hybridized carbons (Fsp3) is 0.320. The third-order valence-electron chi connectivity index (χ3n) is 5.44. The van der Waals surface area contributed by atoms with Crippen LogP contribution in [0.4, 0.5) is 5.82 Å². The molecule has 0 aliphatic carbocycles. The molecule has 1 aliphatic rings. The number of carbonyl (C=O) groups excluding carboxylic acids is 1. The van der Waals surface area contributed by atoms with Crippen LogP contribution < -0.4 is 20.3 Å². The molecule has 0 radical (unpaired) electrons. The van der Waals surface area contributed by atoms with Gasteiger partial charge >= 0.3 is 0 Å². The van der Waals surface area contributed by atoms with Gasteiger partial charge < -0.3 is 19.8 Å². The van der Waals surface area contributed by atoms with Gasteiger partial charge in [0.15, 0.2) is 16.7 Å². The molecule has 1 aliphatic heterocycles. The van der Waals surface area contributed by atoms with E-state index < -0.39 is 5.92 Å². The SMILES string of the molecule is CCCOc1ccc([C@@H]2CC(=O)Nc3nc(SCc4cccc(C)c4)[nH]c(=O)c32)cc1OC. The Balaban J connectivity index is 1.63. The monoisotopic (exact) mass is 465 g/mol. The molecule has 0 saturated heterocycles. The smallest absolute Gasteiger partial charge is 0.257 e. The molecular weight excluding hydrogens is 438 g/mol. The van der Waals surface area contributed by atoms with Crippen molar-refractivity contribution >= 4 is 23.5 Å². The molecule has 0 unspecified atom stereocenters. The highest BCUT2D eigenvalue weighted by Crippen LogP contribution is 2.38. The minimum absolute atomic E-state index is 0.159. The Morgan fingerprint density at radius 2 is 2.00 bits per heavy atom. The van der Waals surface area contributed by atoms with Crippen molar-refractivity contribution in [2.75, 3.05) is 19.0 Å². The number of H-pyrrole nitrogens is 1. The molecule has 7 nitrogen and oxygen atoms in total. The second kappa shape index (κ2) is 10.1. The fourth-order valence-electron chi connectivity index (χ4n) is 3.89. The molecular formula is C25H27N3O4S. The minimum atomic E-state index is -0.421. The van der Waals surface area contributed by atoms with Crippen molar-refractivity contribution < 1.29 is 14.3 Å². The number of thioether (sulfide) groups is 1. The van der Waals surface area contributed by atoms with E-state index in [1.165, 1.54) is 17.3 Å². The van der Waals surface area contributed by atoms with Gasteiger partial charge in [0.25, 0.3) is 5.56 Å². The highest BCUT2D eigenvalue weighted by Gasteiger charge is 2.31. The molecule has 172 valence electrons. The summed E-state index contributed by atoms with van der Waals surface area (Å²) in [5.74, 6) is 1.59. The van der Waals surface area contributed by atoms with Crippen LogP contribution in [0.25, 0.3) is 0 Å². The summed E-state index contributed by atoms with van der Waals surface area (Å²) in [5, 5.41) is 3.25. The van der Waals surface area contributed by atoms with E-state index in [1.54, 1.807) is 7.11 Å². The molecule has 0 saturated carbocycles. The van der Waals surface area contributed by atoms with Crippen molar-refractivity contribution in [2.45, 2.75) is 43.5 Å². The average molecular weight is 466 g/mol. The van der Waals surface area contributed by atoms with Gasteiger partial charge in [-0.1, -0.05) is 54.6 Å². The van der Waals surface area contributed by atoms with Crippen LogP contribution in [-0.4, -0.2) is 29.6 Å². The number of hydrogen-bond acceptors (Lipinski definition) is 6. The lowest BCUT2D eigenvalue weighted by molar-refractivity contribution is -0.116. The minimum Gasteiger partial charge on any atom is -0.493 e. The highest BCUT2D eigenvalue weighted by molar-refractivity contribution is 7.98. The lowest BCUT2D eigenvalue weighted by Gasteiger charge is -2.25. The van der Waals surface area contributed by atoms with E-state index in [4.69, 9.17) is 9.47 Å². The van der Waals surface area contributed by atoms with Crippen LogP contribution in [0.15, 0.2) is 52.4 Å². The Morgan fingerprint density at radius 1 is 1.15 bits per heavy atom. The first-order chi connectivity index (χ1) is 16.0. The van der Waals surface area contributed by atoms with Gasteiger partial charge in [0, 0.05) is 18.1 Å². The number of fused-ring (bicyclic) bond motifs is 1. The molecule has 0 bridgehead atoms. The molecule has 0 fully saturated rings. The number of hydrogen-bond donors (Lipinski definition) is 2. The molecule has 2 heterocycles. The number of anilines is 1. The van der Waals surface area contributed by atoms with Crippen LogP contribution in [0.5, 0.6) is 11.5 Å². The van der Waals surface area contributed by atoms with Crippen molar-refractivity contribution in [3.05, 3.63) is 75.1 Å². The normalized spacial score (nSPS) is 15.0. The van der Waals surface area contributed by atoms with Gasteiger partial charge in [0.2, 0.25) is 5.91 Å². The summed E-state index contributed by atoms with van der Waals surface area (Å²) >= 11 is 1.43. The third-order valence-corrected chi connectivity index (χ3v) is 6.38. The van der Waals surface area contributed by atoms with E-state index >= 15 is 0 Å². The van der Waals surface area contributed by atoms with Gasteiger partial charge in [-0.15, -0.1) is 0 Å². The van der Waals surface area contributed by atoms with Crippen LogP contribution in [0.2, 0.25) is 0 Å². The first-order valence-corrected chi connectivity index (χ1v) is 11.9. The zero-order chi connectivity index (χ0) is 23.4. The Labute approximate surface area is 196 Å². The molecule has 0 spiro atoms. The van der Waals surface area contributed by atoms with E-state index in [2.05, 4.69) is 21.4 Å². The predicted octanol–water partition coefficient (Wildman–Crippen LogP) is 4.64. The lowest BCUT2D eigenvalue weighted by Crippen LogP contribution is -2.31. The quantitative estimate of drug-likeness (QED) is 0.372. The molecule has 8 heteroatoms. The largest absolute Gasteiger partial charge is 0.493 e. The standard InChI is InChI=1S/C25H27N3O4S/c1-4-10-32-19-9-8-17(12-20(19)31-3)18-13-21(29)26-23-22(18)24(30)28-25(27-23)33-14-16-7-5-6-15(2)11-16/h5-9,11-12,18H,4,10,13-14H2,1-3H3,(H2,26,27,28,29,30)/t18-/m0/s1. The maximum absolute atomic E-state index is 13.1. The molecule has 4 rings (SSSR count). The molecule has 1 aromatic heterocycles. The third kappa shape index (κ3) is 5.22. The molecule has 2 aromatic carbocycles. The maximum atomic E-state index is 13.1. The van der Waals surface area contributed by atoms with Gasteiger partial charge in [-0.3, -0.25) is 9.59 Å². The van der Waals surface area contributed by atoms with Crippen LogP contribution in [0.3, 0.4) is 0 Å². The number of aromatic amines is 1. The number of ether oxygens (including phenoxy) is 2. The Hall–Kier alpha value is -3.26. The van der Waals surface area contributed by atoms with Crippen molar-refractivity contribution in [1.29, 1.82) is 0 Å². The predicted molar refractivity (Wildman–Crippen MR) is 129 cm³/mol. The summed E-state index contributed by atoms with van der Waals surface area (Å²) in [4.78, 5) is 33.0. The number of carbonyl (C=O) groups is 1. The van der Waals surface area contributed by atoms with Crippen LogP contribution in [-0.2, 0) is 10.5 Å². The lowest BCUT2D eigenvalue weighted by atomic mass is 9.86. The van der Waals surface area contributed by atoms with E-state index in [1.807, 2.05) is 50.2 Å². The van der Waals surface area contributed by atoms with Crippen LogP contribution in [0.1, 0.15) is 47.9 Å². The summed E-state index contributed by atoms with van der Waals surface area (Å²) in [6.07, 6.45) is 1.04. The van der Waals surface area contributed by atoms with Gasteiger partial charge in [-0.2, -0.15) is 0 Å². The number of methoxy groups -OCH3 is 1. The van der Waals surface area contributed by atoms with Crippen molar-refractivity contribution in [2.24, 2.45) is 0 Å². The van der Waals surface area contributed by atoms with Crippen molar-refractivity contribution in [1.82, 2.24) is 9.97 Å². The number of aryl methyl sites for hydroxylation is 1. The van der Waals surface area contributed by atoms with Gasteiger partial charge in [-0.05, 0) is 36.6 Å². The maximum Gasteiger partial charge on any atom is 0.257 e. The highest BCUT2D eigenvalue weighted by atomic mass is 32.2. The first kappa shape index (κ1) is 22.9. The average Bonchev–Trinajstić information content (AvgIpc) is 2.80. The number of aromatic nitrogens is 2.